The number of carbonyl (C=O) groups excluding carboxylic acids is 1. The Morgan fingerprint density at radius 2 is 1.94 bits per heavy atom. The Labute approximate surface area is 99.8 Å². The Bertz CT molecular complexity index is 446. The second kappa shape index (κ2) is 4.77. The van der Waals surface area contributed by atoms with Crippen molar-refractivity contribution in [2.75, 3.05) is 0 Å². The van der Waals surface area contributed by atoms with E-state index in [-0.39, 0.29) is 29.7 Å². The summed E-state index contributed by atoms with van der Waals surface area (Å²) in [4.78, 5) is 22.5. The van der Waals surface area contributed by atoms with Crippen LogP contribution in [0.3, 0.4) is 0 Å². The molecule has 0 aromatic carbocycles. The molecule has 0 saturated heterocycles. The number of esters is 1. The zero-order valence-corrected chi connectivity index (χ0v) is 10.8. The zero-order valence-electron chi connectivity index (χ0n) is 10.8. The third kappa shape index (κ3) is 3.47. The first kappa shape index (κ1) is 13.5. The Morgan fingerprint density at radius 3 is 2.35 bits per heavy atom. The predicted molar refractivity (Wildman–Crippen MR) is 60.4 cm³/mol. The summed E-state index contributed by atoms with van der Waals surface area (Å²) in [6.45, 7) is 9.20. The van der Waals surface area contributed by atoms with E-state index in [4.69, 9.17) is 9.15 Å². The maximum absolute atomic E-state index is 11.7. The standard InChI is InChI=1S/C12H18O5/c1-7(12(3,4)5)10(13)15-6-9-8(2)16-11(14)17-9/h7H,6H2,1-5H3. The zero-order chi connectivity index (χ0) is 13.2. The summed E-state index contributed by atoms with van der Waals surface area (Å²) in [5.41, 5.74) is -0.163. The van der Waals surface area contributed by atoms with Gasteiger partial charge in [-0.25, -0.2) is 4.79 Å². The molecule has 1 aromatic rings. The van der Waals surface area contributed by atoms with Crippen molar-refractivity contribution in [3.05, 3.63) is 22.1 Å². The summed E-state index contributed by atoms with van der Waals surface area (Å²) in [5.74, 6) is -0.740. The fourth-order valence-electron chi connectivity index (χ4n) is 1.12. The first-order valence-electron chi connectivity index (χ1n) is 5.48. The van der Waals surface area contributed by atoms with E-state index in [2.05, 4.69) is 4.42 Å². The van der Waals surface area contributed by atoms with E-state index < -0.39 is 5.82 Å². The van der Waals surface area contributed by atoms with Crippen LogP contribution in [0.4, 0.5) is 0 Å². The van der Waals surface area contributed by atoms with Gasteiger partial charge in [-0.1, -0.05) is 27.7 Å². The minimum Gasteiger partial charge on any atom is -0.457 e. The highest BCUT2D eigenvalue weighted by atomic mass is 16.6. The molecule has 0 aliphatic heterocycles. The fraction of sp³-hybridized carbons (Fsp3) is 0.667. The summed E-state index contributed by atoms with van der Waals surface area (Å²) < 4.78 is 14.5. The Hall–Kier alpha value is -1.52. The van der Waals surface area contributed by atoms with Crippen LogP contribution in [0.15, 0.2) is 13.6 Å². The molecule has 1 rings (SSSR count). The molecule has 17 heavy (non-hydrogen) atoms. The molecule has 1 aromatic heterocycles. The molecule has 1 heterocycles. The van der Waals surface area contributed by atoms with Crippen molar-refractivity contribution in [3.8, 4) is 0 Å². The van der Waals surface area contributed by atoms with Crippen molar-refractivity contribution in [3.63, 3.8) is 0 Å². The van der Waals surface area contributed by atoms with Crippen LogP contribution in [0.2, 0.25) is 0 Å². The van der Waals surface area contributed by atoms with Gasteiger partial charge < -0.3 is 13.6 Å². The SMILES string of the molecule is Cc1oc(=O)oc1COC(=O)C(C)C(C)(C)C. The first-order chi connectivity index (χ1) is 7.71. The molecule has 0 radical (unpaired) electrons. The number of hydrogen-bond acceptors (Lipinski definition) is 5. The van der Waals surface area contributed by atoms with Gasteiger partial charge in [-0.2, -0.15) is 0 Å². The van der Waals surface area contributed by atoms with Crippen molar-refractivity contribution in [2.45, 2.75) is 41.2 Å². The second-order valence-corrected chi connectivity index (χ2v) is 5.13. The van der Waals surface area contributed by atoms with E-state index in [0.717, 1.165) is 0 Å². The average molecular weight is 242 g/mol. The summed E-state index contributed by atoms with van der Waals surface area (Å²) in [7, 11) is 0. The summed E-state index contributed by atoms with van der Waals surface area (Å²) >= 11 is 0. The van der Waals surface area contributed by atoms with Gasteiger partial charge in [0.15, 0.2) is 18.1 Å². The molecule has 0 fully saturated rings. The molecule has 0 bridgehead atoms. The van der Waals surface area contributed by atoms with Crippen LogP contribution < -0.4 is 5.82 Å². The lowest BCUT2D eigenvalue weighted by Crippen LogP contribution is -2.27. The van der Waals surface area contributed by atoms with Gasteiger partial charge in [0.2, 0.25) is 0 Å². The monoisotopic (exact) mass is 242 g/mol. The molecular formula is C12H18O5. The van der Waals surface area contributed by atoms with Gasteiger partial charge in [-0.15, -0.1) is 0 Å². The van der Waals surface area contributed by atoms with Crippen molar-refractivity contribution >= 4 is 5.97 Å². The van der Waals surface area contributed by atoms with Crippen LogP contribution in [0.25, 0.3) is 0 Å². The van der Waals surface area contributed by atoms with Crippen LogP contribution in [0.1, 0.15) is 39.2 Å². The normalized spacial score (nSPS) is 13.5. The van der Waals surface area contributed by atoms with Gasteiger partial charge >= 0.3 is 11.8 Å². The molecule has 5 nitrogen and oxygen atoms in total. The van der Waals surface area contributed by atoms with Crippen molar-refractivity contribution < 1.29 is 18.4 Å². The van der Waals surface area contributed by atoms with E-state index in [1.165, 1.54) is 0 Å². The lowest BCUT2D eigenvalue weighted by atomic mass is 9.82. The summed E-state index contributed by atoms with van der Waals surface area (Å²) in [6, 6.07) is 0. The highest BCUT2D eigenvalue weighted by Crippen LogP contribution is 2.26. The first-order valence-corrected chi connectivity index (χ1v) is 5.48. The van der Waals surface area contributed by atoms with Crippen molar-refractivity contribution in [1.82, 2.24) is 0 Å². The van der Waals surface area contributed by atoms with E-state index in [0.29, 0.717) is 5.76 Å². The van der Waals surface area contributed by atoms with Crippen LogP contribution >= 0.6 is 0 Å². The molecule has 0 aliphatic carbocycles. The van der Waals surface area contributed by atoms with Crippen molar-refractivity contribution in [1.29, 1.82) is 0 Å². The van der Waals surface area contributed by atoms with E-state index in [9.17, 15) is 9.59 Å². The van der Waals surface area contributed by atoms with Crippen LogP contribution in [-0.2, 0) is 16.1 Å². The smallest absolute Gasteiger partial charge is 0.457 e. The van der Waals surface area contributed by atoms with Gasteiger partial charge in [0, 0.05) is 0 Å². The average Bonchev–Trinajstić information content (AvgIpc) is 2.51. The molecule has 96 valence electrons. The van der Waals surface area contributed by atoms with Gasteiger partial charge in [-0.3, -0.25) is 4.79 Å². The molecule has 0 aliphatic rings. The van der Waals surface area contributed by atoms with E-state index in [1.807, 2.05) is 20.8 Å². The highest BCUT2D eigenvalue weighted by Gasteiger charge is 2.28. The Morgan fingerprint density at radius 1 is 1.35 bits per heavy atom. The van der Waals surface area contributed by atoms with Crippen LogP contribution in [0.5, 0.6) is 0 Å². The highest BCUT2D eigenvalue weighted by molar-refractivity contribution is 5.72. The Kier molecular flexibility index (Phi) is 3.80. The van der Waals surface area contributed by atoms with Crippen LogP contribution in [0, 0.1) is 18.3 Å². The summed E-state index contributed by atoms with van der Waals surface area (Å²) in [5, 5.41) is 0. The molecule has 0 spiro atoms. The maximum Gasteiger partial charge on any atom is 0.519 e. The molecule has 0 saturated carbocycles. The number of carbonyl (C=O) groups is 1. The molecule has 0 amide bonds. The maximum atomic E-state index is 11.7. The number of ether oxygens (including phenoxy) is 1. The fourth-order valence-corrected chi connectivity index (χ4v) is 1.12. The summed E-state index contributed by atoms with van der Waals surface area (Å²) in [6.07, 6.45) is 0. The molecule has 0 N–H and O–H groups in total. The van der Waals surface area contributed by atoms with E-state index in [1.54, 1.807) is 13.8 Å². The van der Waals surface area contributed by atoms with Gasteiger partial charge in [0.05, 0.1) is 5.92 Å². The van der Waals surface area contributed by atoms with Gasteiger partial charge in [0.25, 0.3) is 0 Å². The third-order valence-corrected chi connectivity index (χ3v) is 2.83. The predicted octanol–water partition coefficient (Wildman–Crippen LogP) is 2.27. The third-order valence-electron chi connectivity index (χ3n) is 2.83. The molecule has 1 unspecified atom stereocenters. The van der Waals surface area contributed by atoms with Crippen molar-refractivity contribution in [2.24, 2.45) is 11.3 Å². The second-order valence-electron chi connectivity index (χ2n) is 5.13. The number of aryl methyl sites for hydroxylation is 1. The molecular weight excluding hydrogens is 224 g/mol. The minimum atomic E-state index is -0.780. The lowest BCUT2D eigenvalue weighted by molar-refractivity contribution is -0.153. The van der Waals surface area contributed by atoms with Gasteiger partial charge in [0.1, 0.15) is 0 Å². The molecule has 1 atom stereocenters. The lowest BCUT2D eigenvalue weighted by Gasteiger charge is -2.24. The van der Waals surface area contributed by atoms with Crippen LogP contribution in [-0.4, -0.2) is 5.97 Å². The minimum absolute atomic E-state index is 0.0726. The van der Waals surface area contributed by atoms with Gasteiger partial charge in [-0.05, 0) is 12.3 Å². The Balaban J connectivity index is 2.60. The number of rotatable bonds is 3. The topological polar surface area (TPSA) is 69.7 Å². The number of hydrogen-bond donors (Lipinski definition) is 0. The quantitative estimate of drug-likeness (QED) is 0.760. The van der Waals surface area contributed by atoms with E-state index >= 15 is 0 Å². The molecule has 5 heteroatoms. The largest absolute Gasteiger partial charge is 0.519 e.